The Morgan fingerprint density at radius 3 is 2.84 bits per heavy atom. The highest BCUT2D eigenvalue weighted by atomic mass is 16.1. The molecule has 2 saturated carbocycles. The number of pyridine rings is 1. The third kappa shape index (κ3) is 1.78. The first kappa shape index (κ1) is 11.2. The average Bonchev–Trinajstić information content (AvgIpc) is 3.08. The lowest BCUT2D eigenvalue weighted by atomic mass is 9.83. The molecule has 19 heavy (non-hydrogen) atoms. The summed E-state index contributed by atoms with van der Waals surface area (Å²) in [6, 6.07) is 10.0. The maximum Gasteiger partial charge on any atom is 0.167 e. The number of para-hydroxylation sites is 1. The maximum absolute atomic E-state index is 12.6. The van der Waals surface area contributed by atoms with Crippen LogP contribution in [0.2, 0.25) is 0 Å². The zero-order valence-electron chi connectivity index (χ0n) is 10.9. The van der Waals surface area contributed by atoms with E-state index in [9.17, 15) is 4.79 Å². The van der Waals surface area contributed by atoms with E-state index in [1.807, 2.05) is 30.3 Å². The lowest BCUT2D eigenvalue weighted by molar-refractivity contribution is 0.0874. The Balaban J connectivity index is 1.68. The molecule has 2 aromatic rings. The molecule has 0 N–H and O–H groups in total. The largest absolute Gasteiger partial charge is 0.294 e. The second kappa shape index (κ2) is 4.16. The Morgan fingerprint density at radius 1 is 1.16 bits per heavy atom. The van der Waals surface area contributed by atoms with E-state index in [-0.39, 0.29) is 5.92 Å². The van der Waals surface area contributed by atoms with Gasteiger partial charge in [0.05, 0.1) is 5.52 Å². The van der Waals surface area contributed by atoms with Gasteiger partial charge < -0.3 is 0 Å². The summed E-state index contributed by atoms with van der Waals surface area (Å²) >= 11 is 0. The predicted molar refractivity (Wildman–Crippen MR) is 75.0 cm³/mol. The monoisotopic (exact) mass is 251 g/mol. The van der Waals surface area contributed by atoms with Gasteiger partial charge in [0.25, 0.3) is 0 Å². The fourth-order valence-corrected chi connectivity index (χ4v) is 3.99. The molecule has 3 unspecified atom stereocenters. The van der Waals surface area contributed by atoms with Crippen molar-refractivity contribution in [2.75, 3.05) is 0 Å². The minimum atomic E-state index is 0.265. The van der Waals surface area contributed by atoms with Crippen LogP contribution < -0.4 is 0 Å². The van der Waals surface area contributed by atoms with Crippen LogP contribution in [0.25, 0.3) is 10.9 Å². The molecule has 0 radical (unpaired) electrons. The highest BCUT2D eigenvalue weighted by Gasteiger charge is 2.43. The molecule has 0 spiro atoms. The molecule has 2 aliphatic carbocycles. The Hall–Kier alpha value is -1.70. The highest BCUT2D eigenvalue weighted by Crippen LogP contribution is 2.49. The van der Waals surface area contributed by atoms with Crippen molar-refractivity contribution in [1.29, 1.82) is 0 Å². The normalized spacial score (nSPS) is 28.9. The van der Waals surface area contributed by atoms with Crippen molar-refractivity contribution in [3.63, 3.8) is 0 Å². The van der Waals surface area contributed by atoms with Crippen molar-refractivity contribution in [2.45, 2.75) is 25.7 Å². The van der Waals surface area contributed by atoms with E-state index in [2.05, 4.69) is 4.98 Å². The van der Waals surface area contributed by atoms with Crippen molar-refractivity contribution >= 4 is 16.7 Å². The van der Waals surface area contributed by atoms with Gasteiger partial charge >= 0.3 is 0 Å². The van der Waals surface area contributed by atoms with Crippen LogP contribution in [0, 0.1) is 17.8 Å². The van der Waals surface area contributed by atoms with Gasteiger partial charge in [-0.2, -0.15) is 0 Å². The molecule has 3 atom stereocenters. The minimum Gasteiger partial charge on any atom is -0.294 e. The van der Waals surface area contributed by atoms with Crippen LogP contribution in [0.5, 0.6) is 0 Å². The number of fused-ring (bicyclic) bond motifs is 3. The summed E-state index contributed by atoms with van der Waals surface area (Å²) in [5.74, 6) is 2.04. The van der Waals surface area contributed by atoms with Crippen molar-refractivity contribution in [2.24, 2.45) is 17.8 Å². The standard InChI is InChI=1S/C17H17NO/c19-17(15-8-11-5-6-12(15)7-11)14-9-13-3-1-2-4-16(13)18-10-14/h1-4,9-12,15H,5-8H2. The first-order valence-corrected chi connectivity index (χ1v) is 7.20. The summed E-state index contributed by atoms with van der Waals surface area (Å²) in [5, 5.41) is 1.07. The second-order valence-electron chi connectivity index (χ2n) is 6.06. The summed E-state index contributed by atoms with van der Waals surface area (Å²) in [6.07, 6.45) is 6.73. The summed E-state index contributed by atoms with van der Waals surface area (Å²) in [6.45, 7) is 0. The first-order chi connectivity index (χ1) is 9.31. The van der Waals surface area contributed by atoms with Crippen molar-refractivity contribution in [1.82, 2.24) is 4.98 Å². The number of nitrogens with zero attached hydrogens (tertiary/aromatic N) is 1. The Bertz CT molecular complexity index is 649. The minimum absolute atomic E-state index is 0.265. The van der Waals surface area contributed by atoms with Crippen LogP contribution in [0.1, 0.15) is 36.0 Å². The van der Waals surface area contributed by atoms with Gasteiger partial charge in [-0.05, 0) is 43.2 Å². The number of carbonyl (C=O) groups is 1. The van der Waals surface area contributed by atoms with Gasteiger partial charge in [0, 0.05) is 23.1 Å². The molecular formula is C17H17NO. The molecule has 0 amide bonds. The molecule has 1 aromatic carbocycles. The molecule has 0 aliphatic heterocycles. The van der Waals surface area contributed by atoms with Gasteiger partial charge in [-0.15, -0.1) is 0 Å². The highest BCUT2D eigenvalue weighted by molar-refractivity contribution is 6.00. The van der Waals surface area contributed by atoms with Crippen LogP contribution in [0.4, 0.5) is 0 Å². The molecule has 2 bridgehead atoms. The molecule has 1 heterocycles. The van der Waals surface area contributed by atoms with E-state index in [1.165, 1.54) is 19.3 Å². The van der Waals surface area contributed by atoms with Crippen molar-refractivity contribution < 1.29 is 4.79 Å². The summed E-state index contributed by atoms with van der Waals surface area (Å²) < 4.78 is 0. The van der Waals surface area contributed by atoms with Crippen molar-refractivity contribution in [3.8, 4) is 0 Å². The number of aromatic nitrogens is 1. The smallest absolute Gasteiger partial charge is 0.167 e. The van der Waals surface area contributed by atoms with Crippen molar-refractivity contribution in [3.05, 3.63) is 42.1 Å². The molecule has 1 aromatic heterocycles. The van der Waals surface area contributed by atoms with E-state index >= 15 is 0 Å². The zero-order valence-corrected chi connectivity index (χ0v) is 10.9. The predicted octanol–water partition coefficient (Wildman–Crippen LogP) is 3.85. The van der Waals surface area contributed by atoms with Crippen LogP contribution >= 0.6 is 0 Å². The number of Topliss-reactive ketones (excluding diaryl/α,β-unsaturated/α-hetero) is 1. The molecular weight excluding hydrogens is 234 g/mol. The topological polar surface area (TPSA) is 30.0 Å². The number of hydrogen-bond acceptors (Lipinski definition) is 2. The van der Waals surface area contributed by atoms with E-state index in [1.54, 1.807) is 6.20 Å². The SMILES string of the molecule is O=C(c1cnc2ccccc2c1)C1CC2CCC1C2. The van der Waals surface area contributed by atoms with Crippen LogP contribution in [-0.2, 0) is 0 Å². The summed E-state index contributed by atoms with van der Waals surface area (Å²) in [5.41, 5.74) is 1.77. The quantitative estimate of drug-likeness (QED) is 0.759. The number of benzene rings is 1. The Kier molecular flexibility index (Phi) is 2.44. The summed E-state index contributed by atoms with van der Waals surface area (Å²) in [4.78, 5) is 17.1. The molecule has 2 aliphatic rings. The van der Waals surface area contributed by atoms with Crippen LogP contribution in [0.3, 0.4) is 0 Å². The van der Waals surface area contributed by atoms with Gasteiger partial charge in [-0.25, -0.2) is 0 Å². The fourth-order valence-electron chi connectivity index (χ4n) is 3.99. The average molecular weight is 251 g/mol. The van der Waals surface area contributed by atoms with Gasteiger partial charge in [0.15, 0.2) is 5.78 Å². The summed E-state index contributed by atoms with van der Waals surface area (Å²) in [7, 11) is 0. The van der Waals surface area contributed by atoms with E-state index in [0.717, 1.165) is 28.8 Å². The maximum atomic E-state index is 12.6. The molecule has 2 heteroatoms. The number of rotatable bonds is 2. The van der Waals surface area contributed by atoms with Crippen LogP contribution in [-0.4, -0.2) is 10.8 Å². The van der Waals surface area contributed by atoms with E-state index in [0.29, 0.717) is 11.7 Å². The van der Waals surface area contributed by atoms with Gasteiger partial charge in [0.2, 0.25) is 0 Å². The lowest BCUT2D eigenvalue weighted by Gasteiger charge is -2.20. The van der Waals surface area contributed by atoms with E-state index in [4.69, 9.17) is 0 Å². The fraction of sp³-hybridized carbons (Fsp3) is 0.412. The third-order valence-corrected chi connectivity index (χ3v) is 4.95. The third-order valence-electron chi connectivity index (χ3n) is 4.95. The Labute approximate surface area is 112 Å². The van der Waals surface area contributed by atoms with E-state index < -0.39 is 0 Å². The van der Waals surface area contributed by atoms with Gasteiger partial charge in [0.1, 0.15) is 0 Å². The van der Waals surface area contributed by atoms with Gasteiger partial charge in [-0.1, -0.05) is 24.6 Å². The zero-order chi connectivity index (χ0) is 12.8. The molecule has 4 rings (SSSR count). The molecule has 0 saturated heterocycles. The molecule has 2 fully saturated rings. The number of ketones is 1. The molecule has 96 valence electrons. The molecule has 2 nitrogen and oxygen atoms in total. The number of carbonyl (C=O) groups excluding carboxylic acids is 1. The first-order valence-electron chi connectivity index (χ1n) is 7.20. The van der Waals surface area contributed by atoms with Gasteiger partial charge in [-0.3, -0.25) is 9.78 Å². The second-order valence-corrected chi connectivity index (χ2v) is 6.06. The van der Waals surface area contributed by atoms with Crippen LogP contribution in [0.15, 0.2) is 36.5 Å². The Morgan fingerprint density at radius 2 is 2.05 bits per heavy atom. The lowest BCUT2D eigenvalue weighted by Crippen LogP contribution is -2.21. The number of hydrogen-bond donors (Lipinski definition) is 0.